The summed E-state index contributed by atoms with van der Waals surface area (Å²) in [4.78, 5) is 30.5. The molecule has 0 aliphatic rings. The number of hydrogen-bond donors (Lipinski definition) is 1. The van der Waals surface area contributed by atoms with Crippen molar-refractivity contribution in [2.75, 3.05) is 0 Å². The molecule has 0 atom stereocenters. The fraction of sp³-hybridized carbons (Fsp3) is 0.167. The number of nitrogens with one attached hydrogen (secondary N) is 1. The standard InChI is InChI=1S/C16H10ClFN6O2S.C2H6/c17-10-3-1-9(2-4-10)8-27-16-22-24-14(11(18)5-21-24)15(26)23(16)12-6-20-13(25)7-19-12;1-2/h1-7H,8H2,(H,20,25);1-2H3. The third-order valence-electron chi connectivity index (χ3n) is 3.65. The van der Waals surface area contributed by atoms with E-state index in [1.54, 1.807) is 12.1 Å². The van der Waals surface area contributed by atoms with Gasteiger partial charge in [-0.2, -0.15) is 5.10 Å². The molecule has 3 heterocycles. The van der Waals surface area contributed by atoms with Crippen LogP contribution in [0.25, 0.3) is 11.3 Å². The van der Waals surface area contributed by atoms with Gasteiger partial charge >= 0.3 is 0 Å². The van der Waals surface area contributed by atoms with Crippen LogP contribution in [0.5, 0.6) is 0 Å². The van der Waals surface area contributed by atoms with Gasteiger partial charge in [-0.3, -0.25) is 9.59 Å². The van der Waals surface area contributed by atoms with Gasteiger partial charge in [0.25, 0.3) is 11.1 Å². The Bertz CT molecular complexity index is 1230. The van der Waals surface area contributed by atoms with Gasteiger partial charge in [0.05, 0.1) is 12.4 Å². The second-order valence-electron chi connectivity index (χ2n) is 5.44. The van der Waals surface area contributed by atoms with Gasteiger partial charge in [-0.25, -0.2) is 13.9 Å². The lowest BCUT2D eigenvalue weighted by molar-refractivity contribution is 0.623. The van der Waals surface area contributed by atoms with Gasteiger partial charge < -0.3 is 4.98 Å². The predicted octanol–water partition coefficient (Wildman–Crippen LogP) is 3.07. The molecule has 0 aliphatic heterocycles. The highest BCUT2D eigenvalue weighted by Gasteiger charge is 2.18. The van der Waals surface area contributed by atoms with Crippen molar-refractivity contribution in [3.63, 3.8) is 0 Å². The zero-order chi connectivity index (χ0) is 21.0. The van der Waals surface area contributed by atoms with E-state index in [9.17, 15) is 14.0 Å². The number of H-pyrrole nitrogens is 1. The average molecular weight is 435 g/mol. The second-order valence-corrected chi connectivity index (χ2v) is 6.82. The monoisotopic (exact) mass is 434 g/mol. The third kappa shape index (κ3) is 4.38. The Kier molecular flexibility index (Phi) is 6.45. The molecule has 0 radical (unpaired) electrons. The number of nitrogens with zero attached hydrogens (tertiary/aromatic N) is 5. The van der Waals surface area contributed by atoms with Crippen LogP contribution in [-0.2, 0) is 5.75 Å². The Morgan fingerprint density at radius 2 is 1.90 bits per heavy atom. The van der Waals surface area contributed by atoms with Gasteiger partial charge in [-0.15, -0.1) is 9.73 Å². The maximum Gasteiger partial charge on any atom is 0.289 e. The number of fused-ring (bicyclic) bond motifs is 1. The van der Waals surface area contributed by atoms with Crippen LogP contribution in [0.3, 0.4) is 0 Å². The Hall–Kier alpha value is -2.98. The van der Waals surface area contributed by atoms with Crippen molar-refractivity contribution >= 4 is 28.9 Å². The van der Waals surface area contributed by atoms with Gasteiger partial charge in [0, 0.05) is 17.0 Å². The highest BCUT2D eigenvalue weighted by atomic mass is 35.5. The number of aromatic nitrogens is 6. The lowest BCUT2D eigenvalue weighted by Crippen LogP contribution is -2.26. The minimum atomic E-state index is -0.792. The summed E-state index contributed by atoms with van der Waals surface area (Å²) in [6.07, 6.45) is 3.22. The molecule has 4 aromatic rings. The van der Waals surface area contributed by atoms with E-state index < -0.39 is 16.9 Å². The second kappa shape index (κ2) is 9.01. The fourth-order valence-corrected chi connectivity index (χ4v) is 3.44. The molecule has 0 bridgehead atoms. The first-order valence-electron chi connectivity index (χ1n) is 8.62. The highest BCUT2D eigenvalue weighted by Crippen LogP contribution is 2.23. The maximum absolute atomic E-state index is 14.0. The van der Waals surface area contributed by atoms with Crippen LogP contribution in [0.1, 0.15) is 19.4 Å². The summed E-state index contributed by atoms with van der Waals surface area (Å²) in [6.45, 7) is 4.00. The minimum Gasteiger partial charge on any atom is -0.324 e. The van der Waals surface area contributed by atoms with Gasteiger partial charge in [-0.05, 0) is 17.7 Å². The first-order valence-corrected chi connectivity index (χ1v) is 9.98. The fourth-order valence-electron chi connectivity index (χ4n) is 2.38. The van der Waals surface area contributed by atoms with Crippen molar-refractivity contribution in [1.82, 2.24) is 29.4 Å². The molecule has 1 aromatic carbocycles. The number of rotatable bonds is 4. The van der Waals surface area contributed by atoms with E-state index >= 15 is 0 Å². The summed E-state index contributed by atoms with van der Waals surface area (Å²) in [5.41, 5.74) is -0.463. The van der Waals surface area contributed by atoms with Gasteiger partial charge in [0.2, 0.25) is 0 Å². The molecule has 4 rings (SSSR count). The summed E-state index contributed by atoms with van der Waals surface area (Å²) >= 11 is 7.12. The van der Waals surface area contributed by atoms with Gasteiger partial charge in [0.1, 0.15) is 0 Å². The molecule has 0 fully saturated rings. The van der Waals surface area contributed by atoms with E-state index in [-0.39, 0.29) is 16.5 Å². The topological polar surface area (TPSA) is 97.9 Å². The number of hydrogen-bond acceptors (Lipinski definition) is 6. The van der Waals surface area contributed by atoms with E-state index in [1.807, 2.05) is 26.0 Å². The third-order valence-corrected chi connectivity index (χ3v) is 4.90. The van der Waals surface area contributed by atoms with Gasteiger partial charge in [0.15, 0.2) is 22.3 Å². The molecule has 29 heavy (non-hydrogen) atoms. The molecule has 0 saturated carbocycles. The molecule has 0 aliphatic carbocycles. The first-order chi connectivity index (χ1) is 14.0. The number of thioether (sulfide) groups is 1. The smallest absolute Gasteiger partial charge is 0.289 e. The quantitative estimate of drug-likeness (QED) is 0.496. The normalized spacial score (nSPS) is 10.6. The maximum atomic E-state index is 14.0. The first kappa shape index (κ1) is 20.7. The highest BCUT2D eigenvalue weighted by molar-refractivity contribution is 7.98. The van der Waals surface area contributed by atoms with Crippen molar-refractivity contribution in [1.29, 1.82) is 0 Å². The van der Waals surface area contributed by atoms with E-state index in [4.69, 9.17) is 11.6 Å². The van der Waals surface area contributed by atoms with E-state index in [2.05, 4.69) is 20.2 Å². The molecule has 8 nitrogen and oxygen atoms in total. The van der Waals surface area contributed by atoms with Crippen molar-refractivity contribution < 1.29 is 4.39 Å². The minimum absolute atomic E-state index is 0.119. The molecule has 0 amide bonds. The lowest BCUT2D eigenvalue weighted by Gasteiger charge is -2.10. The number of benzene rings is 1. The largest absolute Gasteiger partial charge is 0.324 e. The predicted molar refractivity (Wildman–Crippen MR) is 109 cm³/mol. The van der Waals surface area contributed by atoms with E-state index in [0.29, 0.717) is 10.8 Å². The number of halogens is 2. The summed E-state index contributed by atoms with van der Waals surface area (Å²) in [7, 11) is 0. The summed E-state index contributed by atoms with van der Waals surface area (Å²) < 4.78 is 16.0. The van der Waals surface area contributed by atoms with Crippen LogP contribution < -0.4 is 11.1 Å². The van der Waals surface area contributed by atoms with Crippen LogP contribution in [0.2, 0.25) is 5.02 Å². The Labute approximate surface area is 173 Å². The molecule has 150 valence electrons. The summed E-state index contributed by atoms with van der Waals surface area (Å²) in [5.74, 6) is -0.198. The summed E-state index contributed by atoms with van der Waals surface area (Å²) in [6, 6.07) is 7.21. The zero-order valence-corrected chi connectivity index (χ0v) is 17.0. The van der Waals surface area contributed by atoms with E-state index in [1.165, 1.54) is 18.0 Å². The van der Waals surface area contributed by atoms with Crippen LogP contribution in [-0.4, -0.2) is 29.4 Å². The van der Waals surface area contributed by atoms with Gasteiger partial charge in [-0.1, -0.05) is 49.3 Å². The molecule has 0 saturated heterocycles. The molecular weight excluding hydrogens is 419 g/mol. The Morgan fingerprint density at radius 3 is 2.55 bits per heavy atom. The Morgan fingerprint density at radius 1 is 1.17 bits per heavy atom. The zero-order valence-electron chi connectivity index (χ0n) is 15.5. The molecule has 1 N–H and O–H groups in total. The van der Waals surface area contributed by atoms with E-state index in [0.717, 1.165) is 27.2 Å². The molecule has 3 aromatic heterocycles. The lowest BCUT2D eigenvalue weighted by atomic mass is 10.2. The SMILES string of the molecule is CC.O=c1cnc(-n2c(SCc3ccc(Cl)cc3)nn3ncc(F)c3c2=O)c[nH]1. The van der Waals surface area contributed by atoms with Crippen molar-refractivity contribution in [2.45, 2.75) is 24.8 Å². The van der Waals surface area contributed by atoms with Crippen molar-refractivity contribution in [2.24, 2.45) is 0 Å². The van der Waals surface area contributed by atoms with Crippen LogP contribution in [0, 0.1) is 5.82 Å². The molecular formula is C18H16ClFN6O2S. The van der Waals surface area contributed by atoms with Crippen LogP contribution in [0.4, 0.5) is 4.39 Å². The molecule has 0 unspecified atom stereocenters. The average Bonchev–Trinajstić information content (AvgIpc) is 3.11. The Balaban J connectivity index is 0.00000117. The summed E-state index contributed by atoms with van der Waals surface area (Å²) in [5, 5.41) is 8.84. The van der Waals surface area contributed by atoms with Crippen molar-refractivity contribution in [3.8, 4) is 5.82 Å². The van der Waals surface area contributed by atoms with Crippen LogP contribution >= 0.6 is 23.4 Å². The molecule has 11 heteroatoms. The van der Waals surface area contributed by atoms with Crippen molar-refractivity contribution in [3.05, 3.63) is 80.0 Å². The number of aromatic amines is 1. The molecule has 0 spiro atoms. The van der Waals surface area contributed by atoms with Crippen LogP contribution in [0.15, 0.2) is 57.6 Å².